The summed E-state index contributed by atoms with van der Waals surface area (Å²) in [6.07, 6.45) is 11.1. The van der Waals surface area contributed by atoms with E-state index in [1.54, 1.807) is 0 Å². The molecule has 2 saturated carbocycles. The van der Waals surface area contributed by atoms with Crippen LogP contribution in [0.4, 0.5) is 0 Å². The summed E-state index contributed by atoms with van der Waals surface area (Å²) in [6, 6.07) is 9.25. The number of benzene rings is 1. The highest BCUT2D eigenvalue weighted by Crippen LogP contribution is 2.53. The number of piperidine rings is 1. The predicted molar refractivity (Wildman–Crippen MR) is 122 cm³/mol. The van der Waals surface area contributed by atoms with E-state index in [1.807, 2.05) is 25.8 Å². The maximum atomic E-state index is 12.8. The van der Waals surface area contributed by atoms with Gasteiger partial charge in [-0.1, -0.05) is 57.4 Å². The molecular weight excluding hydrogens is 368 g/mol. The number of fused-ring (bicyclic) bond motifs is 3. The van der Waals surface area contributed by atoms with E-state index in [2.05, 4.69) is 29.2 Å². The molecule has 1 aromatic carbocycles. The third-order valence-corrected chi connectivity index (χ3v) is 9.27. The van der Waals surface area contributed by atoms with Gasteiger partial charge in [0, 0.05) is 24.9 Å². The van der Waals surface area contributed by atoms with Crippen LogP contribution >= 0.6 is 0 Å². The van der Waals surface area contributed by atoms with Gasteiger partial charge in [-0.2, -0.15) is 0 Å². The zero-order chi connectivity index (χ0) is 20.9. The minimum absolute atomic E-state index is 0.0617. The van der Waals surface area contributed by atoms with Gasteiger partial charge >= 0.3 is 0 Å². The van der Waals surface area contributed by atoms with Gasteiger partial charge in [0.15, 0.2) is 0 Å². The maximum Gasteiger partial charge on any atom is 0.225 e. The molecule has 0 bridgehead atoms. The van der Waals surface area contributed by atoms with Gasteiger partial charge in [-0.25, -0.2) is 0 Å². The van der Waals surface area contributed by atoms with Crippen LogP contribution in [0.25, 0.3) is 0 Å². The molecule has 3 nitrogen and oxygen atoms in total. The molecule has 0 radical (unpaired) electrons. The first-order valence-electron chi connectivity index (χ1n) is 12.6. The van der Waals surface area contributed by atoms with Gasteiger partial charge < -0.3 is 9.80 Å². The van der Waals surface area contributed by atoms with Crippen molar-refractivity contribution in [2.24, 2.45) is 23.7 Å². The molecule has 5 rings (SSSR count). The van der Waals surface area contributed by atoms with Gasteiger partial charge in [0.1, 0.15) is 0 Å². The van der Waals surface area contributed by atoms with E-state index >= 15 is 0 Å². The number of likely N-dealkylation sites (tertiary alicyclic amines) is 1. The van der Waals surface area contributed by atoms with Gasteiger partial charge in [0.25, 0.3) is 0 Å². The second kappa shape index (κ2) is 7.97. The molecule has 1 aromatic rings. The Morgan fingerprint density at radius 1 is 1.17 bits per heavy atom. The van der Waals surface area contributed by atoms with E-state index in [9.17, 15) is 4.79 Å². The van der Waals surface area contributed by atoms with Gasteiger partial charge in [-0.15, -0.1) is 0 Å². The molecule has 1 aliphatic heterocycles. The minimum atomic E-state index is 0.0617. The lowest BCUT2D eigenvalue weighted by atomic mass is 9.58. The standard InChI is InChI=1S/C27H40N2O/c1-19(2)26(30)28(3)25-17-27(24-11-7-6-10-23(24)25)12-14-29(15-13-27)18-21-16-20-8-4-5-9-22(20)21/h6-7,10-11,19-22,25H,4-5,8-9,12-18H2,1-3H3/t20?,21-,22+,25+/m1/s1. The van der Waals surface area contributed by atoms with Crippen LogP contribution in [-0.2, 0) is 10.2 Å². The number of hydrogen-bond donors (Lipinski definition) is 0. The van der Waals surface area contributed by atoms with Gasteiger partial charge in [-0.05, 0) is 74.1 Å². The fourth-order valence-electron chi connectivity index (χ4n) is 7.46. The molecule has 1 unspecified atom stereocenters. The number of nitrogens with zero attached hydrogens (tertiary/aromatic N) is 2. The first-order chi connectivity index (χ1) is 14.5. The summed E-state index contributed by atoms with van der Waals surface area (Å²) < 4.78 is 0. The molecule has 0 aromatic heterocycles. The molecule has 4 atom stereocenters. The van der Waals surface area contributed by atoms with Crippen LogP contribution in [-0.4, -0.2) is 42.4 Å². The third-order valence-electron chi connectivity index (χ3n) is 9.27. The number of rotatable bonds is 4. The van der Waals surface area contributed by atoms with Crippen molar-refractivity contribution in [1.82, 2.24) is 9.80 Å². The monoisotopic (exact) mass is 408 g/mol. The van der Waals surface area contributed by atoms with Crippen LogP contribution in [0.5, 0.6) is 0 Å². The molecule has 3 aliphatic carbocycles. The Labute approximate surface area is 183 Å². The fraction of sp³-hybridized carbons (Fsp3) is 0.741. The fourth-order valence-corrected chi connectivity index (χ4v) is 7.46. The molecule has 3 heteroatoms. The topological polar surface area (TPSA) is 23.6 Å². The lowest BCUT2D eigenvalue weighted by molar-refractivity contribution is -0.135. The summed E-state index contributed by atoms with van der Waals surface area (Å²) in [6.45, 7) is 7.85. The van der Waals surface area contributed by atoms with E-state index in [0.29, 0.717) is 0 Å². The zero-order valence-electron chi connectivity index (χ0n) is 19.3. The van der Waals surface area contributed by atoms with Gasteiger partial charge in [-0.3, -0.25) is 4.79 Å². The molecule has 4 aliphatic rings. The van der Waals surface area contributed by atoms with Crippen molar-refractivity contribution in [3.05, 3.63) is 35.4 Å². The molecule has 1 amide bonds. The highest BCUT2D eigenvalue weighted by molar-refractivity contribution is 5.78. The van der Waals surface area contributed by atoms with Crippen molar-refractivity contribution >= 4 is 5.91 Å². The van der Waals surface area contributed by atoms with Gasteiger partial charge in [0.05, 0.1) is 6.04 Å². The molecule has 1 heterocycles. The first kappa shape index (κ1) is 20.5. The van der Waals surface area contributed by atoms with E-state index in [1.165, 1.54) is 75.7 Å². The minimum Gasteiger partial charge on any atom is -0.338 e. The zero-order valence-corrected chi connectivity index (χ0v) is 19.3. The summed E-state index contributed by atoms with van der Waals surface area (Å²) in [5.41, 5.74) is 3.22. The Kier molecular flexibility index (Phi) is 5.46. The van der Waals surface area contributed by atoms with Crippen LogP contribution < -0.4 is 0 Å². The second-order valence-corrected chi connectivity index (χ2v) is 11.2. The molecule has 0 N–H and O–H groups in total. The van der Waals surface area contributed by atoms with E-state index in [-0.39, 0.29) is 23.3 Å². The lowest BCUT2D eigenvalue weighted by Gasteiger charge is -2.51. The van der Waals surface area contributed by atoms with Crippen molar-refractivity contribution < 1.29 is 4.79 Å². The largest absolute Gasteiger partial charge is 0.338 e. The van der Waals surface area contributed by atoms with Gasteiger partial charge in [0.2, 0.25) is 5.91 Å². The van der Waals surface area contributed by atoms with Crippen molar-refractivity contribution in [3.8, 4) is 0 Å². The van der Waals surface area contributed by atoms with E-state index in [0.717, 1.165) is 24.2 Å². The Balaban J connectivity index is 1.26. The van der Waals surface area contributed by atoms with Crippen molar-refractivity contribution in [3.63, 3.8) is 0 Å². The number of carbonyl (C=O) groups excluding carboxylic acids is 1. The van der Waals surface area contributed by atoms with Crippen molar-refractivity contribution in [2.75, 3.05) is 26.7 Å². The molecule has 30 heavy (non-hydrogen) atoms. The second-order valence-electron chi connectivity index (χ2n) is 11.2. The van der Waals surface area contributed by atoms with Crippen LogP contribution in [0.1, 0.15) is 82.4 Å². The molecule has 3 fully saturated rings. The van der Waals surface area contributed by atoms with E-state index in [4.69, 9.17) is 0 Å². The summed E-state index contributed by atoms with van der Waals surface area (Å²) in [4.78, 5) is 17.6. The Morgan fingerprint density at radius 2 is 1.90 bits per heavy atom. The summed E-state index contributed by atoms with van der Waals surface area (Å²) in [5.74, 6) is 3.42. The summed E-state index contributed by atoms with van der Waals surface area (Å²) >= 11 is 0. The first-order valence-corrected chi connectivity index (χ1v) is 12.6. The number of amides is 1. The normalized spacial score (nSPS) is 32.5. The average molecular weight is 409 g/mol. The molecular formula is C27H40N2O. The smallest absolute Gasteiger partial charge is 0.225 e. The summed E-state index contributed by atoms with van der Waals surface area (Å²) in [7, 11) is 2.02. The maximum absolute atomic E-state index is 12.8. The summed E-state index contributed by atoms with van der Waals surface area (Å²) in [5, 5.41) is 0. The predicted octanol–water partition coefficient (Wildman–Crippen LogP) is 5.41. The Hall–Kier alpha value is -1.35. The van der Waals surface area contributed by atoms with Crippen LogP contribution in [0.3, 0.4) is 0 Å². The molecule has 1 saturated heterocycles. The van der Waals surface area contributed by atoms with Crippen molar-refractivity contribution in [2.45, 2.75) is 76.7 Å². The Morgan fingerprint density at radius 3 is 2.63 bits per heavy atom. The molecule has 164 valence electrons. The van der Waals surface area contributed by atoms with Crippen molar-refractivity contribution in [1.29, 1.82) is 0 Å². The quantitative estimate of drug-likeness (QED) is 0.665. The highest BCUT2D eigenvalue weighted by Gasteiger charge is 2.48. The molecule has 1 spiro atoms. The van der Waals surface area contributed by atoms with Crippen LogP contribution in [0, 0.1) is 23.7 Å². The highest BCUT2D eigenvalue weighted by atomic mass is 16.2. The van der Waals surface area contributed by atoms with Crippen LogP contribution in [0.2, 0.25) is 0 Å². The Bertz CT molecular complexity index is 779. The van der Waals surface area contributed by atoms with Crippen LogP contribution in [0.15, 0.2) is 24.3 Å². The average Bonchev–Trinajstić information content (AvgIpc) is 3.06. The number of hydrogen-bond acceptors (Lipinski definition) is 2. The third kappa shape index (κ3) is 3.42. The number of carbonyl (C=O) groups is 1. The SMILES string of the molecule is CC(C)C(=O)N(C)[C@H]1CC2(CCN(C[C@H]3CC4CCCC[C@@H]43)CC2)c2ccccc21. The lowest BCUT2D eigenvalue weighted by Crippen LogP contribution is -2.49. The van der Waals surface area contributed by atoms with E-state index < -0.39 is 0 Å².